The van der Waals surface area contributed by atoms with Gasteiger partial charge in [-0.1, -0.05) is 11.6 Å². The Morgan fingerprint density at radius 1 is 1.00 bits per heavy atom. The Morgan fingerprint density at radius 3 is 2.08 bits per heavy atom. The Morgan fingerprint density at radius 2 is 1.58 bits per heavy atom. The lowest BCUT2D eigenvalue weighted by Crippen LogP contribution is -2.36. The molecule has 0 spiro atoms. The number of rotatable bonds is 5. The Kier molecular flexibility index (Phi) is 6.30. The zero-order valence-electron chi connectivity index (χ0n) is 14.2. The van der Waals surface area contributed by atoms with Crippen molar-refractivity contribution in [2.75, 3.05) is 22.1 Å². The number of carbonyl (C=O) groups excluding carboxylic acids is 3. The number of hydrogen-bond acceptors (Lipinski definition) is 3. The number of benzene rings is 2. The molecule has 0 bridgehead atoms. The van der Waals surface area contributed by atoms with E-state index < -0.39 is 11.7 Å². The van der Waals surface area contributed by atoms with Crippen LogP contribution >= 0.6 is 11.6 Å². The van der Waals surface area contributed by atoms with Crippen molar-refractivity contribution >= 4 is 46.4 Å². The molecule has 0 radical (unpaired) electrons. The van der Waals surface area contributed by atoms with Gasteiger partial charge in [0.2, 0.25) is 17.7 Å². The Balaban J connectivity index is 2.06. The number of hydrogen-bond donors (Lipinski definition) is 2. The summed E-state index contributed by atoms with van der Waals surface area (Å²) in [4.78, 5) is 36.3. The standard InChI is InChI=1S/C18H17ClFN3O3/c1-11(24)21-13-3-5-14(6-4-13)22-18(26)10-23(12(2)25)15-7-8-17(20)16(19)9-15/h3-9H,10H2,1-2H3,(H,21,24)(H,22,26). The van der Waals surface area contributed by atoms with Gasteiger partial charge in [0.1, 0.15) is 12.4 Å². The molecule has 0 aromatic heterocycles. The molecule has 0 aliphatic rings. The van der Waals surface area contributed by atoms with E-state index in [9.17, 15) is 18.8 Å². The van der Waals surface area contributed by atoms with Gasteiger partial charge in [0.05, 0.1) is 5.02 Å². The van der Waals surface area contributed by atoms with Gasteiger partial charge in [-0.05, 0) is 42.5 Å². The van der Waals surface area contributed by atoms with Gasteiger partial charge in [-0.3, -0.25) is 14.4 Å². The first-order valence-corrected chi connectivity index (χ1v) is 8.04. The third-order valence-corrected chi connectivity index (χ3v) is 3.68. The lowest BCUT2D eigenvalue weighted by molar-refractivity contribution is -0.120. The van der Waals surface area contributed by atoms with Crippen molar-refractivity contribution in [2.45, 2.75) is 13.8 Å². The monoisotopic (exact) mass is 377 g/mol. The highest BCUT2D eigenvalue weighted by atomic mass is 35.5. The van der Waals surface area contributed by atoms with Crippen molar-refractivity contribution in [3.05, 3.63) is 53.3 Å². The third kappa shape index (κ3) is 5.29. The maximum Gasteiger partial charge on any atom is 0.244 e. The maximum atomic E-state index is 13.3. The molecule has 2 aromatic carbocycles. The molecular weight excluding hydrogens is 361 g/mol. The molecule has 0 aliphatic heterocycles. The average molecular weight is 378 g/mol. The summed E-state index contributed by atoms with van der Waals surface area (Å²) in [6, 6.07) is 10.3. The Bertz CT molecular complexity index is 840. The summed E-state index contributed by atoms with van der Waals surface area (Å²) in [5.41, 5.74) is 1.42. The second-order valence-corrected chi connectivity index (χ2v) is 5.92. The molecule has 2 aromatic rings. The SMILES string of the molecule is CC(=O)Nc1ccc(NC(=O)CN(C(C)=O)c2ccc(F)c(Cl)c2)cc1. The van der Waals surface area contributed by atoms with Crippen LogP contribution in [-0.2, 0) is 14.4 Å². The lowest BCUT2D eigenvalue weighted by atomic mass is 10.2. The van der Waals surface area contributed by atoms with E-state index in [0.717, 1.165) is 6.07 Å². The predicted molar refractivity (Wildman–Crippen MR) is 98.8 cm³/mol. The van der Waals surface area contributed by atoms with Crippen molar-refractivity contribution < 1.29 is 18.8 Å². The number of nitrogens with one attached hydrogen (secondary N) is 2. The Labute approximate surface area is 154 Å². The number of carbonyl (C=O) groups is 3. The highest BCUT2D eigenvalue weighted by Crippen LogP contribution is 2.23. The van der Waals surface area contributed by atoms with Gasteiger partial charge in [-0.25, -0.2) is 4.39 Å². The largest absolute Gasteiger partial charge is 0.326 e. The van der Waals surface area contributed by atoms with Crippen LogP contribution in [0.5, 0.6) is 0 Å². The van der Waals surface area contributed by atoms with Crippen LogP contribution in [0, 0.1) is 5.82 Å². The van der Waals surface area contributed by atoms with Gasteiger partial charge in [0.15, 0.2) is 0 Å². The molecule has 136 valence electrons. The van der Waals surface area contributed by atoms with Crippen LogP contribution in [0.25, 0.3) is 0 Å². The Hall–Kier alpha value is -2.93. The molecule has 8 heteroatoms. The zero-order chi connectivity index (χ0) is 19.3. The van der Waals surface area contributed by atoms with Crippen LogP contribution in [0.15, 0.2) is 42.5 Å². The topological polar surface area (TPSA) is 78.5 Å². The van der Waals surface area contributed by atoms with Crippen LogP contribution in [-0.4, -0.2) is 24.3 Å². The fraction of sp³-hybridized carbons (Fsp3) is 0.167. The van der Waals surface area contributed by atoms with E-state index in [1.807, 2.05) is 0 Å². The van der Waals surface area contributed by atoms with Crippen LogP contribution in [0.3, 0.4) is 0 Å². The maximum absolute atomic E-state index is 13.3. The number of nitrogens with zero attached hydrogens (tertiary/aromatic N) is 1. The number of halogens is 2. The third-order valence-electron chi connectivity index (χ3n) is 3.39. The molecule has 26 heavy (non-hydrogen) atoms. The van der Waals surface area contributed by atoms with E-state index in [1.165, 1.54) is 30.9 Å². The van der Waals surface area contributed by atoms with Crippen LogP contribution in [0.2, 0.25) is 5.02 Å². The molecule has 2 N–H and O–H groups in total. The lowest BCUT2D eigenvalue weighted by Gasteiger charge is -2.21. The molecule has 0 saturated carbocycles. The van der Waals surface area contributed by atoms with Gasteiger partial charge in [0.25, 0.3) is 0 Å². The predicted octanol–water partition coefficient (Wildman–Crippen LogP) is 3.43. The smallest absolute Gasteiger partial charge is 0.244 e. The van der Waals surface area contributed by atoms with E-state index in [0.29, 0.717) is 17.1 Å². The molecule has 2 rings (SSSR count). The van der Waals surface area contributed by atoms with Crippen LogP contribution in [0.1, 0.15) is 13.8 Å². The first kappa shape index (κ1) is 19.4. The molecule has 0 unspecified atom stereocenters. The summed E-state index contributed by atoms with van der Waals surface area (Å²) < 4.78 is 13.3. The first-order chi connectivity index (χ1) is 12.3. The summed E-state index contributed by atoms with van der Waals surface area (Å²) in [6.07, 6.45) is 0. The van der Waals surface area contributed by atoms with E-state index in [4.69, 9.17) is 11.6 Å². The summed E-state index contributed by atoms with van der Waals surface area (Å²) in [5, 5.41) is 5.13. The molecule has 0 aliphatic carbocycles. The van der Waals surface area contributed by atoms with E-state index in [2.05, 4.69) is 10.6 Å². The second-order valence-electron chi connectivity index (χ2n) is 5.51. The van der Waals surface area contributed by atoms with Crippen LogP contribution < -0.4 is 15.5 Å². The van der Waals surface area contributed by atoms with Gasteiger partial charge >= 0.3 is 0 Å². The fourth-order valence-corrected chi connectivity index (χ4v) is 2.40. The molecule has 0 fully saturated rings. The van der Waals surface area contributed by atoms with E-state index in [1.54, 1.807) is 24.3 Å². The first-order valence-electron chi connectivity index (χ1n) is 7.67. The molecule has 6 nitrogen and oxygen atoms in total. The van der Waals surface area contributed by atoms with Gasteiger partial charge < -0.3 is 15.5 Å². The van der Waals surface area contributed by atoms with Crippen molar-refractivity contribution in [2.24, 2.45) is 0 Å². The molecule has 0 atom stereocenters. The molecule has 0 heterocycles. The minimum absolute atomic E-state index is 0.136. The molecule has 3 amide bonds. The number of amides is 3. The summed E-state index contributed by atoms with van der Waals surface area (Å²) in [7, 11) is 0. The summed E-state index contributed by atoms with van der Waals surface area (Å²) >= 11 is 5.74. The minimum atomic E-state index is -0.609. The highest BCUT2D eigenvalue weighted by molar-refractivity contribution is 6.31. The van der Waals surface area contributed by atoms with E-state index >= 15 is 0 Å². The second kappa shape index (κ2) is 8.44. The zero-order valence-corrected chi connectivity index (χ0v) is 14.9. The van der Waals surface area contributed by atoms with Gasteiger partial charge in [0, 0.05) is 30.9 Å². The quantitative estimate of drug-likeness (QED) is 0.837. The van der Waals surface area contributed by atoms with Gasteiger partial charge in [-0.2, -0.15) is 0 Å². The summed E-state index contributed by atoms with van der Waals surface area (Å²) in [5.74, 6) is -1.63. The normalized spacial score (nSPS) is 10.2. The van der Waals surface area contributed by atoms with Gasteiger partial charge in [-0.15, -0.1) is 0 Å². The van der Waals surface area contributed by atoms with Crippen molar-refractivity contribution in [1.29, 1.82) is 0 Å². The van der Waals surface area contributed by atoms with Crippen LogP contribution in [0.4, 0.5) is 21.5 Å². The summed E-state index contributed by atoms with van der Waals surface area (Å²) in [6.45, 7) is 2.44. The molecule has 0 saturated heterocycles. The average Bonchev–Trinajstić information content (AvgIpc) is 2.56. The molecular formula is C18H17ClFN3O3. The highest BCUT2D eigenvalue weighted by Gasteiger charge is 2.17. The van der Waals surface area contributed by atoms with Crippen molar-refractivity contribution in [3.63, 3.8) is 0 Å². The minimum Gasteiger partial charge on any atom is -0.326 e. The van der Waals surface area contributed by atoms with Crippen molar-refractivity contribution in [1.82, 2.24) is 0 Å². The fourth-order valence-electron chi connectivity index (χ4n) is 2.22. The number of anilines is 3. The van der Waals surface area contributed by atoms with E-state index in [-0.39, 0.29) is 23.4 Å². The van der Waals surface area contributed by atoms with Crippen molar-refractivity contribution in [3.8, 4) is 0 Å².